The van der Waals surface area contributed by atoms with Crippen LogP contribution in [0, 0.1) is 13.8 Å². The van der Waals surface area contributed by atoms with Crippen molar-refractivity contribution in [3.8, 4) is 21.7 Å². The van der Waals surface area contributed by atoms with Crippen LogP contribution in [0.5, 0.6) is 0 Å². The van der Waals surface area contributed by atoms with Gasteiger partial charge < -0.3 is 0 Å². The summed E-state index contributed by atoms with van der Waals surface area (Å²) >= 11 is 1.61. The van der Waals surface area contributed by atoms with Crippen LogP contribution in [0.3, 0.4) is 0 Å². The first-order valence-corrected chi connectivity index (χ1v) is 9.22. The summed E-state index contributed by atoms with van der Waals surface area (Å²) in [7, 11) is 0. The molecule has 0 bridgehead atoms. The number of benzene rings is 2. The highest BCUT2D eigenvalue weighted by Gasteiger charge is 2.15. The number of rotatable bonds is 4. The molecule has 4 rings (SSSR count). The van der Waals surface area contributed by atoms with Crippen LogP contribution in [0.25, 0.3) is 21.7 Å². The number of aromatic nitrogens is 3. The largest absolute Gasteiger partial charge is 0.300 e. The molecule has 1 N–H and O–H groups in total. The van der Waals surface area contributed by atoms with E-state index in [0.717, 1.165) is 38.2 Å². The summed E-state index contributed by atoms with van der Waals surface area (Å²) in [6.45, 7) is 3.93. The first-order chi connectivity index (χ1) is 12.7. The number of nitrogens with zero attached hydrogens (tertiary/aromatic N) is 3. The van der Waals surface area contributed by atoms with Gasteiger partial charge in [-0.1, -0.05) is 72.0 Å². The zero-order valence-electron chi connectivity index (χ0n) is 14.6. The SMILES string of the molecule is Cc1cc(C)nc(Nc2nc(-c3ccccc3)c(-c3ccccc3)s2)n1. The Hall–Kier alpha value is -3.05. The molecule has 0 aliphatic rings. The Balaban J connectivity index is 1.78. The molecule has 4 nitrogen and oxygen atoms in total. The van der Waals surface area contributed by atoms with Crippen LogP contribution in [0.4, 0.5) is 11.1 Å². The van der Waals surface area contributed by atoms with Gasteiger partial charge in [0.15, 0.2) is 5.13 Å². The van der Waals surface area contributed by atoms with E-state index >= 15 is 0 Å². The van der Waals surface area contributed by atoms with Crippen LogP contribution in [0.15, 0.2) is 66.7 Å². The normalized spacial score (nSPS) is 10.7. The van der Waals surface area contributed by atoms with Crippen molar-refractivity contribution in [2.75, 3.05) is 5.32 Å². The third kappa shape index (κ3) is 3.48. The molecule has 0 spiro atoms. The molecule has 0 amide bonds. The zero-order chi connectivity index (χ0) is 17.9. The summed E-state index contributed by atoms with van der Waals surface area (Å²) in [5, 5.41) is 4.06. The first kappa shape index (κ1) is 16.4. The van der Waals surface area contributed by atoms with Gasteiger partial charge in [-0.2, -0.15) is 0 Å². The summed E-state index contributed by atoms with van der Waals surface area (Å²) in [4.78, 5) is 14.9. The first-order valence-electron chi connectivity index (χ1n) is 8.40. The second-order valence-corrected chi connectivity index (χ2v) is 7.03. The van der Waals surface area contributed by atoms with Crippen molar-refractivity contribution in [3.05, 3.63) is 78.1 Å². The molecule has 2 heterocycles. The molecule has 2 aromatic heterocycles. The lowest BCUT2D eigenvalue weighted by Gasteiger charge is -2.03. The van der Waals surface area contributed by atoms with Gasteiger partial charge in [-0.3, -0.25) is 5.32 Å². The molecule has 0 aliphatic heterocycles. The highest BCUT2D eigenvalue weighted by Crippen LogP contribution is 2.39. The Labute approximate surface area is 156 Å². The number of thiazole rings is 1. The number of nitrogens with one attached hydrogen (secondary N) is 1. The lowest BCUT2D eigenvalue weighted by Crippen LogP contribution is -1.99. The van der Waals surface area contributed by atoms with E-state index in [-0.39, 0.29) is 0 Å². The monoisotopic (exact) mass is 358 g/mol. The maximum atomic E-state index is 4.84. The molecule has 4 aromatic rings. The second-order valence-electron chi connectivity index (χ2n) is 6.03. The highest BCUT2D eigenvalue weighted by atomic mass is 32.1. The van der Waals surface area contributed by atoms with Crippen LogP contribution in [-0.4, -0.2) is 15.0 Å². The molecule has 0 radical (unpaired) electrons. The van der Waals surface area contributed by atoms with Crippen molar-refractivity contribution < 1.29 is 0 Å². The lowest BCUT2D eigenvalue weighted by atomic mass is 10.1. The third-order valence-electron chi connectivity index (χ3n) is 3.91. The van der Waals surface area contributed by atoms with E-state index in [1.807, 2.05) is 56.3 Å². The summed E-state index contributed by atoms with van der Waals surface area (Å²) in [5.74, 6) is 0.579. The van der Waals surface area contributed by atoms with Crippen LogP contribution in [-0.2, 0) is 0 Å². The van der Waals surface area contributed by atoms with Crippen molar-refractivity contribution in [2.24, 2.45) is 0 Å². The van der Waals surface area contributed by atoms with E-state index in [4.69, 9.17) is 4.98 Å². The summed E-state index contributed by atoms with van der Waals surface area (Å²) in [6.07, 6.45) is 0. The standard InChI is InChI=1S/C21H18N4S/c1-14-13-15(2)23-20(22-14)25-21-24-18(16-9-5-3-6-10-16)19(26-21)17-11-7-4-8-12-17/h3-13H,1-2H3,(H,22,23,24,25). The van der Waals surface area contributed by atoms with Gasteiger partial charge in [0.05, 0.1) is 10.6 Å². The van der Waals surface area contributed by atoms with E-state index in [0.29, 0.717) is 5.95 Å². The van der Waals surface area contributed by atoms with E-state index in [9.17, 15) is 0 Å². The van der Waals surface area contributed by atoms with Crippen LogP contribution < -0.4 is 5.32 Å². The smallest absolute Gasteiger partial charge is 0.229 e. The Bertz CT molecular complexity index is 949. The molecule has 0 fully saturated rings. The Morgan fingerprint density at radius 3 is 1.92 bits per heavy atom. The number of anilines is 2. The summed E-state index contributed by atoms with van der Waals surface area (Å²) < 4.78 is 0. The average Bonchev–Trinajstić information content (AvgIpc) is 3.06. The molecule has 0 saturated carbocycles. The predicted molar refractivity (Wildman–Crippen MR) is 108 cm³/mol. The lowest BCUT2D eigenvalue weighted by molar-refractivity contribution is 1.06. The van der Waals surface area contributed by atoms with Crippen LogP contribution in [0.1, 0.15) is 11.4 Å². The molecule has 2 aromatic carbocycles. The van der Waals surface area contributed by atoms with Crippen LogP contribution >= 0.6 is 11.3 Å². The van der Waals surface area contributed by atoms with Gasteiger partial charge in [-0.25, -0.2) is 15.0 Å². The molecule has 128 valence electrons. The Kier molecular flexibility index (Phi) is 4.46. The van der Waals surface area contributed by atoms with Gasteiger partial charge in [0.25, 0.3) is 0 Å². The van der Waals surface area contributed by atoms with Crippen LogP contribution in [0.2, 0.25) is 0 Å². The molecular formula is C21H18N4S. The second kappa shape index (κ2) is 7.06. The third-order valence-corrected chi connectivity index (χ3v) is 4.93. The summed E-state index contributed by atoms with van der Waals surface area (Å²) in [5.41, 5.74) is 5.08. The minimum atomic E-state index is 0.579. The molecule has 0 atom stereocenters. The van der Waals surface area contributed by atoms with E-state index in [2.05, 4.69) is 39.6 Å². The number of hydrogen-bond acceptors (Lipinski definition) is 5. The van der Waals surface area contributed by atoms with E-state index in [1.54, 1.807) is 11.3 Å². The van der Waals surface area contributed by atoms with Gasteiger partial charge in [0.2, 0.25) is 5.95 Å². The summed E-state index contributed by atoms with van der Waals surface area (Å²) in [6, 6.07) is 22.5. The van der Waals surface area contributed by atoms with E-state index < -0.39 is 0 Å². The maximum absolute atomic E-state index is 4.84. The quantitative estimate of drug-likeness (QED) is 0.514. The molecule has 0 aliphatic carbocycles. The topological polar surface area (TPSA) is 50.7 Å². The fourth-order valence-electron chi connectivity index (χ4n) is 2.83. The van der Waals surface area contributed by atoms with Crippen molar-refractivity contribution in [2.45, 2.75) is 13.8 Å². The highest BCUT2D eigenvalue weighted by molar-refractivity contribution is 7.19. The maximum Gasteiger partial charge on any atom is 0.229 e. The fraction of sp³-hybridized carbons (Fsp3) is 0.0952. The van der Waals surface area contributed by atoms with Crippen molar-refractivity contribution in [1.82, 2.24) is 15.0 Å². The van der Waals surface area contributed by atoms with Gasteiger partial charge >= 0.3 is 0 Å². The van der Waals surface area contributed by atoms with Gasteiger partial charge in [-0.05, 0) is 25.5 Å². The number of aryl methyl sites for hydroxylation is 2. The van der Waals surface area contributed by atoms with Gasteiger partial charge in [0, 0.05) is 17.0 Å². The molecule has 0 saturated heterocycles. The van der Waals surface area contributed by atoms with Crippen molar-refractivity contribution >= 4 is 22.4 Å². The minimum absolute atomic E-state index is 0.579. The van der Waals surface area contributed by atoms with Gasteiger partial charge in [-0.15, -0.1) is 0 Å². The number of hydrogen-bond donors (Lipinski definition) is 1. The van der Waals surface area contributed by atoms with Gasteiger partial charge in [0.1, 0.15) is 0 Å². The molecular weight excluding hydrogens is 340 g/mol. The van der Waals surface area contributed by atoms with E-state index in [1.165, 1.54) is 0 Å². The fourth-order valence-corrected chi connectivity index (χ4v) is 3.81. The average molecular weight is 358 g/mol. The Morgan fingerprint density at radius 1 is 0.731 bits per heavy atom. The molecule has 5 heteroatoms. The molecule has 0 unspecified atom stereocenters. The van der Waals surface area contributed by atoms with Crippen molar-refractivity contribution in [1.29, 1.82) is 0 Å². The predicted octanol–water partition coefficient (Wildman–Crippen LogP) is 5.63. The zero-order valence-corrected chi connectivity index (χ0v) is 15.4. The Morgan fingerprint density at radius 2 is 1.31 bits per heavy atom. The molecule has 26 heavy (non-hydrogen) atoms. The minimum Gasteiger partial charge on any atom is -0.300 e. The van der Waals surface area contributed by atoms with Crippen molar-refractivity contribution in [3.63, 3.8) is 0 Å².